The third-order valence-corrected chi connectivity index (χ3v) is 8.23. The quantitative estimate of drug-likeness (QED) is 0.542. The van der Waals surface area contributed by atoms with Gasteiger partial charge in [0.25, 0.3) is 11.7 Å². The lowest BCUT2D eigenvalue weighted by molar-refractivity contribution is -0.0892. The van der Waals surface area contributed by atoms with E-state index in [1.54, 1.807) is 6.07 Å². The summed E-state index contributed by atoms with van der Waals surface area (Å²) in [5.74, 6) is -1.24. The molecule has 0 bridgehead atoms. The first kappa shape index (κ1) is 25.1. The molecule has 2 fully saturated rings. The fourth-order valence-corrected chi connectivity index (χ4v) is 6.53. The van der Waals surface area contributed by atoms with Gasteiger partial charge < -0.3 is 9.47 Å². The third kappa shape index (κ3) is 4.60. The first-order valence-electron chi connectivity index (χ1n) is 13.0. The van der Waals surface area contributed by atoms with Crippen molar-refractivity contribution in [1.29, 1.82) is 0 Å². The molecule has 5 rings (SSSR count). The van der Waals surface area contributed by atoms with Crippen molar-refractivity contribution >= 4 is 11.7 Å². The highest BCUT2D eigenvalue weighted by atomic mass is 19.4. The van der Waals surface area contributed by atoms with Gasteiger partial charge in [-0.2, -0.15) is 13.2 Å². The number of benzene rings is 1. The average Bonchev–Trinajstić information content (AvgIpc) is 3.27. The molecular weight excluding hydrogens is 467 g/mol. The number of amides is 1. The SMILES string of the molecule is CC1(C)Cn2c(C(=O)C(F)(F)F)ccc2C2(CCN(C(=O)c3ccc(C4CCCCC4)cc3)CC2)N1. The highest BCUT2D eigenvalue weighted by molar-refractivity contribution is 5.99. The van der Waals surface area contributed by atoms with Gasteiger partial charge in [-0.15, -0.1) is 0 Å². The third-order valence-electron chi connectivity index (χ3n) is 8.23. The number of hydrogen-bond acceptors (Lipinski definition) is 3. The van der Waals surface area contributed by atoms with Crippen molar-refractivity contribution in [3.05, 3.63) is 58.9 Å². The molecular formula is C28H34F3N3O2. The monoisotopic (exact) mass is 501 g/mol. The van der Waals surface area contributed by atoms with E-state index < -0.39 is 23.0 Å². The molecule has 1 aliphatic carbocycles. The number of nitrogens with one attached hydrogen (secondary N) is 1. The van der Waals surface area contributed by atoms with Crippen molar-refractivity contribution in [3.8, 4) is 0 Å². The zero-order chi connectivity index (χ0) is 25.7. The molecule has 2 aromatic rings. The Bertz CT molecular complexity index is 1140. The Labute approximate surface area is 210 Å². The number of alkyl halides is 3. The number of halogens is 3. The lowest BCUT2D eigenvalue weighted by atomic mass is 9.79. The molecule has 1 aromatic carbocycles. The number of rotatable bonds is 3. The zero-order valence-electron chi connectivity index (χ0n) is 21.0. The van der Waals surface area contributed by atoms with E-state index in [4.69, 9.17) is 0 Å². The molecule has 3 heterocycles. The smallest absolute Gasteiger partial charge is 0.338 e. The van der Waals surface area contributed by atoms with Crippen molar-refractivity contribution in [1.82, 2.24) is 14.8 Å². The van der Waals surface area contributed by atoms with E-state index in [0.29, 0.717) is 43.1 Å². The molecule has 3 aliphatic rings. The normalized spacial score (nSPS) is 21.9. The van der Waals surface area contributed by atoms with Crippen molar-refractivity contribution < 1.29 is 22.8 Å². The first-order valence-corrected chi connectivity index (χ1v) is 13.0. The topological polar surface area (TPSA) is 54.3 Å². The summed E-state index contributed by atoms with van der Waals surface area (Å²) in [5, 5.41) is 3.65. The number of ketones is 1. The van der Waals surface area contributed by atoms with Crippen molar-refractivity contribution in [3.63, 3.8) is 0 Å². The van der Waals surface area contributed by atoms with Crippen LogP contribution >= 0.6 is 0 Å². The number of carbonyl (C=O) groups is 2. The van der Waals surface area contributed by atoms with Gasteiger partial charge in [0.2, 0.25) is 0 Å². The van der Waals surface area contributed by atoms with Crippen molar-refractivity contribution in [2.75, 3.05) is 13.1 Å². The van der Waals surface area contributed by atoms with Gasteiger partial charge in [-0.05, 0) is 75.3 Å². The highest BCUT2D eigenvalue weighted by Crippen LogP contribution is 2.41. The number of hydrogen-bond donors (Lipinski definition) is 1. The summed E-state index contributed by atoms with van der Waals surface area (Å²) in [6, 6.07) is 11.0. The number of piperidine rings is 1. The number of aromatic nitrogens is 1. The minimum absolute atomic E-state index is 0.0153. The van der Waals surface area contributed by atoms with Crippen LogP contribution in [0.15, 0.2) is 36.4 Å². The van der Waals surface area contributed by atoms with Gasteiger partial charge in [-0.1, -0.05) is 31.4 Å². The maximum atomic E-state index is 13.3. The van der Waals surface area contributed by atoms with E-state index in [2.05, 4.69) is 17.4 Å². The van der Waals surface area contributed by atoms with Crippen LogP contribution in [0, 0.1) is 0 Å². The minimum Gasteiger partial charge on any atom is -0.338 e. The second-order valence-electron chi connectivity index (χ2n) is 11.4. The van der Waals surface area contributed by atoms with E-state index in [9.17, 15) is 22.8 Å². The van der Waals surface area contributed by atoms with Gasteiger partial charge in [-0.25, -0.2) is 0 Å². The largest absolute Gasteiger partial charge is 0.456 e. The molecule has 2 aliphatic heterocycles. The van der Waals surface area contributed by atoms with Crippen LogP contribution in [-0.4, -0.2) is 46.0 Å². The predicted molar refractivity (Wildman–Crippen MR) is 131 cm³/mol. The fourth-order valence-electron chi connectivity index (χ4n) is 6.53. The van der Waals surface area contributed by atoms with Gasteiger partial charge in [0, 0.05) is 36.4 Å². The van der Waals surface area contributed by atoms with Crippen LogP contribution < -0.4 is 5.32 Å². The Kier molecular flexibility index (Phi) is 6.30. The second-order valence-corrected chi connectivity index (χ2v) is 11.4. The summed E-state index contributed by atoms with van der Waals surface area (Å²) in [6.45, 7) is 5.11. The number of likely N-dealkylation sites (tertiary alicyclic amines) is 1. The van der Waals surface area contributed by atoms with Crippen LogP contribution in [0.2, 0.25) is 0 Å². The van der Waals surface area contributed by atoms with Gasteiger partial charge in [-0.3, -0.25) is 14.9 Å². The summed E-state index contributed by atoms with van der Waals surface area (Å²) in [5.41, 5.74) is 1.26. The van der Waals surface area contributed by atoms with Crippen LogP contribution in [0.1, 0.15) is 96.8 Å². The number of carbonyl (C=O) groups excluding carboxylic acids is 2. The van der Waals surface area contributed by atoms with E-state index in [-0.39, 0.29) is 18.1 Å². The predicted octanol–water partition coefficient (Wildman–Crippen LogP) is 5.79. The number of Topliss-reactive ketones (excluding diaryl/α,β-unsaturated/α-hetero) is 1. The lowest BCUT2D eigenvalue weighted by Gasteiger charge is -2.51. The van der Waals surface area contributed by atoms with Crippen LogP contribution in [0.25, 0.3) is 0 Å². The Morgan fingerprint density at radius 3 is 2.19 bits per heavy atom. The maximum Gasteiger partial charge on any atom is 0.456 e. The summed E-state index contributed by atoms with van der Waals surface area (Å²) >= 11 is 0. The van der Waals surface area contributed by atoms with E-state index in [1.165, 1.54) is 48.3 Å². The van der Waals surface area contributed by atoms with Gasteiger partial charge in [0.05, 0.1) is 11.2 Å². The molecule has 1 spiro atoms. The Morgan fingerprint density at radius 1 is 0.944 bits per heavy atom. The van der Waals surface area contributed by atoms with Crippen molar-refractivity contribution in [2.24, 2.45) is 0 Å². The molecule has 0 radical (unpaired) electrons. The van der Waals surface area contributed by atoms with Gasteiger partial charge in [0.15, 0.2) is 0 Å². The van der Waals surface area contributed by atoms with Crippen LogP contribution in [0.5, 0.6) is 0 Å². The second kappa shape index (κ2) is 9.05. The van der Waals surface area contributed by atoms with Crippen LogP contribution in [0.3, 0.4) is 0 Å². The zero-order valence-corrected chi connectivity index (χ0v) is 21.0. The molecule has 0 atom stereocenters. The average molecular weight is 502 g/mol. The summed E-state index contributed by atoms with van der Waals surface area (Å²) in [6.07, 6.45) is 2.46. The van der Waals surface area contributed by atoms with Crippen LogP contribution in [-0.2, 0) is 12.1 Å². The summed E-state index contributed by atoms with van der Waals surface area (Å²) < 4.78 is 41.2. The molecule has 1 aromatic heterocycles. The van der Waals surface area contributed by atoms with E-state index >= 15 is 0 Å². The Balaban J connectivity index is 1.32. The van der Waals surface area contributed by atoms with Gasteiger partial charge >= 0.3 is 6.18 Å². The summed E-state index contributed by atoms with van der Waals surface area (Å²) in [4.78, 5) is 27.2. The molecule has 8 heteroatoms. The molecule has 1 saturated carbocycles. The van der Waals surface area contributed by atoms with Crippen LogP contribution in [0.4, 0.5) is 13.2 Å². The first-order chi connectivity index (χ1) is 17.0. The highest BCUT2D eigenvalue weighted by Gasteiger charge is 2.49. The maximum absolute atomic E-state index is 13.3. The molecule has 36 heavy (non-hydrogen) atoms. The molecule has 0 unspecified atom stereocenters. The number of nitrogens with zero attached hydrogens (tertiary/aromatic N) is 2. The lowest BCUT2D eigenvalue weighted by Crippen LogP contribution is -2.63. The fraction of sp³-hybridized carbons (Fsp3) is 0.571. The van der Waals surface area contributed by atoms with E-state index in [1.807, 2.05) is 30.9 Å². The van der Waals surface area contributed by atoms with E-state index in [0.717, 1.165) is 0 Å². The van der Waals surface area contributed by atoms with Gasteiger partial charge in [0.1, 0.15) is 0 Å². The molecule has 1 amide bonds. The molecule has 1 N–H and O–H groups in total. The Morgan fingerprint density at radius 2 is 1.58 bits per heavy atom. The Hall–Kier alpha value is -2.61. The molecule has 1 saturated heterocycles. The molecule has 5 nitrogen and oxygen atoms in total. The number of fused-ring (bicyclic) bond motifs is 2. The molecule has 194 valence electrons. The standard InChI is InChI=1S/C28H34F3N3O2/c1-26(2)18-34-22(24(35)28(29,30)31)12-13-23(34)27(32-26)14-16-33(17-15-27)25(36)21-10-8-20(9-11-21)19-6-4-3-5-7-19/h8-13,19,32H,3-7,14-18H2,1-2H3. The van der Waals surface area contributed by atoms with Crippen molar-refractivity contribution in [2.45, 2.75) is 88.5 Å². The summed E-state index contributed by atoms with van der Waals surface area (Å²) in [7, 11) is 0. The minimum atomic E-state index is -4.92.